The Morgan fingerprint density at radius 2 is 1.91 bits per heavy atom. The van der Waals surface area contributed by atoms with Gasteiger partial charge >= 0.3 is 6.03 Å². The minimum atomic E-state index is -1.53. The molecule has 2 aliphatic heterocycles. The number of aryl methyl sites for hydroxylation is 1. The molecule has 0 saturated carbocycles. The summed E-state index contributed by atoms with van der Waals surface area (Å²) in [5.74, 6) is 3.30. The Kier molecular flexibility index (Phi) is 7.71. The molecule has 2 aliphatic rings. The third-order valence-corrected chi connectivity index (χ3v) is 7.76. The number of nitrogens with two attached hydrogens (primary N) is 1. The van der Waals surface area contributed by atoms with Crippen LogP contribution in [0.15, 0.2) is 18.2 Å². The van der Waals surface area contributed by atoms with Crippen LogP contribution in [0, 0.1) is 11.5 Å². The fraction of sp³-hybridized carbons (Fsp3) is 0.538. The lowest BCUT2D eigenvalue weighted by molar-refractivity contribution is 0.201. The lowest BCUT2D eigenvalue weighted by Gasteiger charge is -2.27. The summed E-state index contributed by atoms with van der Waals surface area (Å²) >= 11 is 6.48. The van der Waals surface area contributed by atoms with Gasteiger partial charge in [-0.2, -0.15) is 5.10 Å². The predicted octanol–water partition coefficient (Wildman–Crippen LogP) is 4.75. The normalized spacial score (nSPS) is 16.6. The number of primary amides is 1. The van der Waals surface area contributed by atoms with Gasteiger partial charge in [0.25, 0.3) is 0 Å². The molecule has 0 atom stereocenters. The number of hydrogen-bond acceptors (Lipinski definition) is 3. The van der Waals surface area contributed by atoms with Crippen LogP contribution in [-0.4, -0.2) is 59.9 Å². The Bertz CT molecular complexity index is 1100. The van der Waals surface area contributed by atoms with Crippen molar-refractivity contribution in [3.63, 3.8) is 0 Å². The van der Waals surface area contributed by atoms with Crippen molar-refractivity contribution in [2.75, 3.05) is 26.2 Å². The Labute approximate surface area is 209 Å². The van der Waals surface area contributed by atoms with Crippen LogP contribution in [0.3, 0.4) is 0 Å². The molecule has 0 unspecified atom stereocenters. The molecular formula is C26H36ClN5OSi. The number of carbonyl (C=O) groups is 1. The molecule has 1 aromatic heterocycles. The van der Waals surface area contributed by atoms with Crippen LogP contribution in [0.2, 0.25) is 24.7 Å². The second-order valence-corrected chi connectivity index (χ2v) is 15.6. The van der Waals surface area contributed by atoms with Crippen LogP contribution in [0.5, 0.6) is 0 Å². The number of carbonyl (C=O) groups excluding carboxylic acids is 1. The van der Waals surface area contributed by atoms with Crippen molar-refractivity contribution in [2.45, 2.75) is 64.8 Å². The third kappa shape index (κ3) is 6.04. The van der Waals surface area contributed by atoms with Gasteiger partial charge in [-0.05, 0) is 51.0 Å². The van der Waals surface area contributed by atoms with E-state index in [2.05, 4.69) is 40.7 Å². The summed E-state index contributed by atoms with van der Waals surface area (Å²) in [6, 6.07) is 5.57. The number of likely N-dealkylation sites (tertiary alicyclic amines) is 1. The fourth-order valence-corrected chi connectivity index (χ4v) is 5.42. The Hall–Kier alpha value is -2.27. The van der Waals surface area contributed by atoms with Gasteiger partial charge in [-0.15, -0.1) is 5.54 Å². The maximum Gasteiger partial charge on any atom is 0.315 e. The molecule has 1 fully saturated rings. The summed E-state index contributed by atoms with van der Waals surface area (Å²) in [6.07, 6.45) is 5.81. The highest BCUT2D eigenvalue weighted by Gasteiger charge is 2.27. The number of urea groups is 1. The van der Waals surface area contributed by atoms with E-state index in [9.17, 15) is 4.79 Å². The van der Waals surface area contributed by atoms with Crippen molar-refractivity contribution >= 4 is 25.7 Å². The summed E-state index contributed by atoms with van der Waals surface area (Å²) in [5, 5.41) is 5.71. The monoisotopic (exact) mass is 497 g/mol. The van der Waals surface area contributed by atoms with E-state index in [-0.39, 0.29) is 6.03 Å². The van der Waals surface area contributed by atoms with Crippen LogP contribution in [0.4, 0.5) is 4.79 Å². The van der Waals surface area contributed by atoms with E-state index < -0.39 is 8.07 Å². The molecule has 1 aromatic carbocycles. The van der Waals surface area contributed by atoms with E-state index in [1.165, 1.54) is 38.0 Å². The van der Waals surface area contributed by atoms with E-state index in [0.29, 0.717) is 18.1 Å². The first kappa shape index (κ1) is 24.8. The lowest BCUT2D eigenvalue weighted by atomic mass is 10.00. The van der Waals surface area contributed by atoms with Crippen LogP contribution >= 0.6 is 11.6 Å². The molecule has 0 aliphatic carbocycles. The molecule has 2 N–H and O–H groups in total. The second-order valence-electron chi connectivity index (χ2n) is 10.5. The smallest absolute Gasteiger partial charge is 0.315 e. The summed E-state index contributed by atoms with van der Waals surface area (Å²) in [7, 11) is -1.53. The fourth-order valence-electron chi connectivity index (χ4n) is 4.75. The standard InChI is InChI=1S/C26H36ClN5OSi/c1-34(2,3)17-11-20-18-21(8-9-23(20)27)25-22-19-31(26(28)33)16-10-24(22)32(29-25)15-7-14-30-12-5-4-6-13-30/h8-9,18H,4-7,10,12-16,19H2,1-3H3,(H2,28,33). The molecule has 0 spiro atoms. The summed E-state index contributed by atoms with van der Waals surface area (Å²) in [4.78, 5) is 16.2. The van der Waals surface area contributed by atoms with E-state index in [0.717, 1.165) is 48.3 Å². The highest BCUT2D eigenvalue weighted by molar-refractivity contribution is 6.83. The Balaban J connectivity index is 1.63. The first-order valence-electron chi connectivity index (χ1n) is 12.4. The van der Waals surface area contributed by atoms with Crippen molar-refractivity contribution in [3.8, 4) is 22.7 Å². The van der Waals surface area contributed by atoms with Gasteiger partial charge in [0, 0.05) is 41.9 Å². The minimum absolute atomic E-state index is 0.382. The van der Waals surface area contributed by atoms with Gasteiger partial charge < -0.3 is 15.5 Å². The largest absolute Gasteiger partial charge is 0.351 e. The van der Waals surface area contributed by atoms with Crippen LogP contribution in [0.25, 0.3) is 11.3 Å². The number of nitrogens with zero attached hydrogens (tertiary/aromatic N) is 4. The summed E-state index contributed by atoms with van der Waals surface area (Å²) in [5.41, 5.74) is 14.1. The molecule has 3 heterocycles. The first-order chi connectivity index (χ1) is 16.2. The molecule has 4 rings (SSSR count). The highest BCUT2D eigenvalue weighted by Crippen LogP contribution is 2.32. The number of halogens is 1. The topological polar surface area (TPSA) is 67.4 Å². The molecule has 2 aromatic rings. The van der Waals surface area contributed by atoms with Gasteiger partial charge in [0.1, 0.15) is 8.07 Å². The van der Waals surface area contributed by atoms with Gasteiger partial charge in [-0.3, -0.25) is 4.68 Å². The Morgan fingerprint density at radius 1 is 1.15 bits per heavy atom. The summed E-state index contributed by atoms with van der Waals surface area (Å²) < 4.78 is 2.16. The zero-order valence-corrected chi connectivity index (χ0v) is 22.4. The lowest BCUT2D eigenvalue weighted by Crippen LogP contribution is -2.39. The second kappa shape index (κ2) is 10.6. The van der Waals surface area contributed by atoms with Gasteiger partial charge in [-0.25, -0.2) is 4.79 Å². The van der Waals surface area contributed by atoms with Crippen molar-refractivity contribution in [1.29, 1.82) is 0 Å². The van der Waals surface area contributed by atoms with Crippen LogP contribution in [0.1, 0.15) is 42.5 Å². The number of aromatic nitrogens is 2. The van der Waals surface area contributed by atoms with E-state index in [4.69, 9.17) is 22.4 Å². The number of hydrogen-bond donors (Lipinski definition) is 1. The van der Waals surface area contributed by atoms with Crippen LogP contribution in [-0.2, 0) is 19.5 Å². The van der Waals surface area contributed by atoms with Crippen molar-refractivity contribution < 1.29 is 4.79 Å². The zero-order valence-electron chi connectivity index (χ0n) is 20.7. The van der Waals surface area contributed by atoms with Crippen molar-refractivity contribution in [2.24, 2.45) is 5.73 Å². The molecule has 1 saturated heterocycles. The number of rotatable bonds is 5. The molecule has 2 amide bonds. The van der Waals surface area contributed by atoms with E-state index in [1.54, 1.807) is 4.90 Å². The summed E-state index contributed by atoms with van der Waals surface area (Å²) in [6.45, 7) is 12.2. The zero-order chi connectivity index (χ0) is 24.3. The molecule has 34 heavy (non-hydrogen) atoms. The molecule has 182 valence electrons. The molecule has 6 nitrogen and oxygen atoms in total. The maximum absolute atomic E-state index is 11.9. The average molecular weight is 498 g/mol. The van der Waals surface area contributed by atoms with Gasteiger partial charge in [0.2, 0.25) is 0 Å². The van der Waals surface area contributed by atoms with E-state index in [1.807, 2.05) is 18.2 Å². The predicted molar refractivity (Wildman–Crippen MR) is 142 cm³/mol. The minimum Gasteiger partial charge on any atom is -0.351 e. The quantitative estimate of drug-likeness (QED) is 0.479. The van der Waals surface area contributed by atoms with Gasteiger partial charge in [0.05, 0.1) is 17.3 Å². The average Bonchev–Trinajstić information content (AvgIpc) is 3.16. The molecule has 0 radical (unpaired) electrons. The molecule has 0 bridgehead atoms. The van der Waals surface area contributed by atoms with Gasteiger partial charge in [-0.1, -0.05) is 49.6 Å². The molecule has 8 heteroatoms. The van der Waals surface area contributed by atoms with Gasteiger partial charge in [0.15, 0.2) is 0 Å². The van der Waals surface area contributed by atoms with E-state index >= 15 is 0 Å². The van der Waals surface area contributed by atoms with Crippen molar-refractivity contribution in [3.05, 3.63) is 40.0 Å². The van der Waals surface area contributed by atoms with Crippen LogP contribution < -0.4 is 5.73 Å². The number of piperidine rings is 1. The first-order valence-corrected chi connectivity index (χ1v) is 16.3. The number of benzene rings is 1. The van der Waals surface area contributed by atoms with Crippen molar-refractivity contribution in [1.82, 2.24) is 19.6 Å². The Morgan fingerprint density at radius 3 is 2.62 bits per heavy atom. The third-order valence-electron chi connectivity index (χ3n) is 6.55. The SMILES string of the molecule is C[Si](C)(C)C#Cc1cc(-c2nn(CCCN3CCCCC3)c3c2CN(C(N)=O)CC3)ccc1Cl. The highest BCUT2D eigenvalue weighted by atomic mass is 35.5. The number of fused-ring (bicyclic) bond motifs is 1. The molecular weight excluding hydrogens is 462 g/mol. The maximum atomic E-state index is 11.9. The number of amides is 2.